The van der Waals surface area contributed by atoms with Gasteiger partial charge in [-0.15, -0.1) is 0 Å². The molecule has 4 nitrogen and oxygen atoms in total. The molecule has 0 bridgehead atoms. The van der Waals surface area contributed by atoms with Crippen LogP contribution in [0.15, 0.2) is 24.3 Å². The molecule has 1 N–H and O–H groups in total. The van der Waals surface area contributed by atoms with Gasteiger partial charge in [-0.2, -0.15) is 0 Å². The van der Waals surface area contributed by atoms with Crippen LogP contribution in [0.3, 0.4) is 0 Å². The molecule has 1 aliphatic rings. The number of carbonyl (C=O) groups is 1. The Bertz CT molecular complexity index is 549. The van der Waals surface area contributed by atoms with Crippen LogP contribution in [0.25, 0.3) is 0 Å². The molecule has 1 aromatic carbocycles. The Morgan fingerprint density at radius 1 is 1.24 bits per heavy atom. The number of urea groups is 1. The van der Waals surface area contributed by atoms with Crippen LogP contribution < -0.4 is 4.90 Å². The first-order chi connectivity index (χ1) is 9.56. The molecule has 2 amide bonds. The van der Waals surface area contributed by atoms with Gasteiger partial charge in [-0.05, 0) is 59.2 Å². The number of rotatable bonds is 2. The van der Waals surface area contributed by atoms with E-state index in [4.69, 9.17) is 0 Å². The van der Waals surface area contributed by atoms with Crippen molar-refractivity contribution in [3.8, 4) is 0 Å². The summed E-state index contributed by atoms with van der Waals surface area (Å²) in [6.07, 6.45) is 0.498. The molecule has 21 heavy (non-hydrogen) atoms. The average molecular weight is 290 g/mol. The summed E-state index contributed by atoms with van der Waals surface area (Å²) in [5, 5.41) is 10.9. The summed E-state index contributed by atoms with van der Waals surface area (Å²) in [6.45, 7) is 11.7. The van der Waals surface area contributed by atoms with E-state index < -0.39 is 5.72 Å². The molecule has 1 fully saturated rings. The lowest BCUT2D eigenvalue weighted by atomic mass is 9.86. The van der Waals surface area contributed by atoms with E-state index in [-0.39, 0.29) is 17.6 Å². The fraction of sp³-hybridized carbons (Fsp3) is 0.588. The molecule has 1 saturated heterocycles. The maximum absolute atomic E-state index is 13.0. The standard InChI is InChI=1S/C17H26N2O2/c1-12(2)18-15(20)19(14-9-7-8-13(3)10-14)17(6,21)11-16(18,4)5/h7-10,12,21H,11H2,1-6H3/t17-/m0/s1. The molecule has 0 spiro atoms. The minimum absolute atomic E-state index is 0.0795. The first kappa shape index (κ1) is 15.8. The topological polar surface area (TPSA) is 43.8 Å². The van der Waals surface area contributed by atoms with Crippen LogP contribution in [0.4, 0.5) is 10.5 Å². The van der Waals surface area contributed by atoms with Crippen LogP contribution in [0.2, 0.25) is 0 Å². The number of anilines is 1. The summed E-state index contributed by atoms with van der Waals surface area (Å²) < 4.78 is 0. The molecule has 0 radical (unpaired) electrons. The zero-order valence-corrected chi connectivity index (χ0v) is 13.8. The molecule has 2 rings (SSSR count). The van der Waals surface area contributed by atoms with Gasteiger partial charge in [-0.3, -0.25) is 4.90 Å². The molecule has 0 unspecified atom stereocenters. The first-order valence-electron chi connectivity index (χ1n) is 7.49. The van der Waals surface area contributed by atoms with Gasteiger partial charge in [0.05, 0.1) is 0 Å². The van der Waals surface area contributed by atoms with Crippen molar-refractivity contribution >= 4 is 11.7 Å². The third-order valence-electron chi connectivity index (χ3n) is 4.07. The highest BCUT2D eigenvalue weighted by Gasteiger charge is 2.51. The van der Waals surface area contributed by atoms with Crippen LogP contribution >= 0.6 is 0 Å². The number of hydrogen-bond acceptors (Lipinski definition) is 2. The van der Waals surface area contributed by atoms with Crippen LogP contribution in [0, 0.1) is 6.92 Å². The maximum atomic E-state index is 13.0. The number of carbonyl (C=O) groups excluding carboxylic acids is 1. The van der Waals surface area contributed by atoms with E-state index in [2.05, 4.69) is 0 Å². The first-order valence-corrected chi connectivity index (χ1v) is 7.49. The van der Waals surface area contributed by atoms with Crippen LogP contribution in [-0.2, 0) is 0 Å². The van der Waals surface area contributed by atoms with Gasteiger partial charge >= 0.3 is 6.03 Å². The van der Waals surface area contributed by atoms with Crippen molar-refractivity contribution in [2.24, 2.45) is 0 Å². The molecule has 1 aliphatic heterocycles. The Kier molecular flexibility index (Phi) is 3.79. The molecule has 1 atom stereocenters. The number of benzene rings is 1. The third-order valence-corrected chi connectivity index (χ3v) is 4.07. The quantitative estimate of drug-likeness (QED) is 0.905. The summed E-state index contributed by atoms with van der Waals surface area (Å²) in [6, 6.07) is 7.64. The van der Waals surface area contributed by atoms with E-state index in [0.29, 0.717) is 6.42 Å². The Morgan fingerprint density at radius 3 is 2.38 bits per heavy atom. The number of aliphatic hydroxyl groups is 1. The van der Waals surface area contributed by atoms with E-state index in [1.54, 1.807) is 6.92 Å². The van der Waals surface area contributed by atoms with Gasteiger partial charge in [0, 0.05) is 23.7 Å². The van der Waals surface area contributed by atoms with Gasteiger partial charge in [0.25, 0.3) is 0 Å². The summed E-state index contributed by atoms with van der Waals surface area (Å²) >= 11 is 0. The molecular weight excluding hydrogens is 264 g/mol. The van der Waals surface area contributed by atoms with E-state index in [1.165, 1.54) is 4.90 Å². The fourth-order valence-corrected chi connectivity index (χ4v) is 3.63. The lowest BCUT2D eigenvalue weighted by Gasteiger charge is -2.55. The highest BCUT2D eigenvalue weighted by atomic mass is 16.3. The zero-order valence-electron chi connectivity index (χ0n) is 13.8. The zero-order chi connectivity index (χ0) is 16.0. The molecule has 0 saturated carbocycles. The van der Waals surface area contributed by atoms with Gasteiger partial charge in [0.1, 0.15) is 5.72 Å². The summed E-state index contributed by atoms with van der Waals surface area (Å²) in [4.78, 5) is 16.4. The van der Waals surface area contributed by atoms with Crippen molar-refractivity contribution < 1.29 is 9.90 Å². The molecule has 116 valence electrons. The van der Waals surface area contributed by atoms with E-state index >= 15 is 0 Å². The van der Waals surface area contributed by atoms with Crippen LogP contribution in [-0.4, -0.2) is 33.3 Å². The van der Waals surface area contributed by atoms with Crippen molar-refractivity contribution in [2.75, 3.05) is 4.90 Å². The van der Waals surface area contributed by atoms with E-state index in [9.17, 15) is 9.90 Å². The highest BCUT2D eigenvalue weighted by molar-refractivity contribution is 5.95. The van der Waals surface area contributed by atoms with Gasteiger partial charge in [-0.25, -0.2) is 4.79 Å². The van der Waals surface area contributed by atoms with Gasteiger partial charge in [-0.1, -0.05) is 12.1 Å². The fourth-order valence-electron chi connectivity index (χ4n) is 3.63. The molecule has 1 heterocycles. The van der Waals surface area contributed by atoms with Crippen LogP contribution in [0.1, 0.15) is 46.6 Å². The molecular formula is C17H26N2O2. The van der Waals surface area contributed by atoms with E-state index in [1.807, 2.05) is 63.8 Å². The Labute approximate surface area is 127 Å². The Morgan fingerprint density at radius 2 is 1.86 bits per heavy atom. The predicted octanol–water partition coefficient (Wildman–Crippen LogP) is 3.52. The van der Waals surface area contributed by atoms with Crippen molar-refractivity contribution in [2.45, 2.75) is 65.3 Å². The molecule has 4 heteroatoms. The monoisotopic (exact) mass is 290 g/mol. The minimum Gasteiger partial charge on any atom is -0.371 e. The smallest absolute Gasteiger partial charge is 0.327 e. The molecule has 0 aromatic heterocycles. The Balaban J connectivity index is 2.51. The third kappa shape index (κ3) is 2.77. The molecule has 0 aliphatic carbocycles. The lowest BCUT2D eigenvalue weighted by molar-refractivity contribution is -0.0335. The number of nitrogens with zero attached hydrogens (tertiary/aromatic N) is 2. The summed E-state index contributed by atoms with van der Waals surface area (Å²) in [7, 11) is 0. The summed E-state index contributed by atoms with van der Waals surface area (Å²) in [5.74, 6) is 0. The van der Waals surface area contributed by atoms with Crippen LogP contribution in [0.5, 0.6) is 0 Å². The maximum Gasteiger partial charge on any atom is 0.327 e. The van der Waals surface area contributed by atoms with Crippen molar-refractivity contribution in [3.63, 3.8) is 0 Å². The summed E-state index contributed by atoms with van der Waals surface area (Å²) in [5.41, 5.74) is 0.234. The SMILES string of the molecule is Cc1cccc(N2C(=O)N(C(C)C)C(C)(C)C[C@]2(C)O)c1. The highest BCUT2D eigenvalue weighted by Crippen LogP contribution is 2.39. The van der Waals surface area contributed by atoms with Gasteiger partial charge in [0.15, 0.2) is 0 Å². The average Bonchev–Trinajstić information content (AvgIpc) is 2.24. The van der Waals surface area contributed by atoms with Gasteiger partial charge < -0.3 is 10.0 Å². The second-order valence-electron chi connectivity index (χ2n) is 7.13. The van der Waals surface area contributed by atoms with Crippen molar-refractivity contribution in [1.29, 1.82) is 0 Å². The second kappa shape index (κ2) is 5.02. The lowest BCUT2D eigenvalue weighted by Crippen LogP contribution is -2.69. The van der Waals surface area contributed by atoms with Crippen molar-refractivity contribution in [3.05, 3.63) is 29.8 Å². The number of aryl methyl sites for hydroxylation is 1. The predicted molar refractivity (Wildman–Crippen MR) is 85.3 cm³/mol. The normalized spacial score (nSPS) is 25.6. The Hall–Kier alpha value is -1.55. The number of amides is 2. The van der Waals surface area contributed by atoms with Crippen molar-refractivity contribution in [1.82, 2.24) is 4.90 Å². The number of hydrogen-bond donors (Lipinski definition) is 1. The molecule has 1 aromatic rings. The van der Waals surface area contributed by atoms with Gasteiger partial charge in [0.2, 0.25) is 0 Å². The minimum atomic E-state index is -1.19. The van der Waals surface area contributed by atoms with E-state index in [0.717, 1.165) is 11.3 Å². The largest absolute Gasteiger partial charge is 0.371 e. The second-order valence-corrected chi connectivity index (χ2v) is 7.13.